The number of carboxylic acid groups (broad SMARTS) is 1. The molecule has 2 aliphatic rings. The second-order valence-corrected chi connectivity index (χ2v) is 45.3. The minimum Gasteiger partial charge on any atom is -0.478 e. The van der Waals surface area contributed by atoms with Gasteiger partial charge in [0.2, 0.25) is 54.0 Å². The number of carbonyl (C=O) groups excluding carboxylic acids is 5. The van der Waals surface area contributed by atoms with Crippen LogP contribution in [-0.4, -0.2) is 201 Å². The quantitative estimate of drug-likeness (QED) is 0.0105. The molecule has 3 rings (SSSR count). The molecule has 0 saturated heterocycles. The van der Waals surface area contributed by atoms with Gasteiger partial charge in [0.25, 0.3) is 10.1 Å². The van der Waals surface area contributed by atoms with Crippen LogP contribution in [0.25, 0.3) is 0 Å². The number of rotatable bonds is 40. The number of halogens is 24. The highest BCUT2D eigenvalue weighted by atomic mass is 35.6. The average Bonchev–Trinajstić information content (AvgIpc) is 1.52. The van der Waals surface area contributed by atoms with E-state index in [1.54, 1.807) is 19.1 Å². The second-order valence-electron chi connectivity index (χ2n) is 23.5. The van der Waals surface area contributed by atoms with Crippen LogP contribution in [0.2, 0.25) is 0 Å². The molecule has 0 atom stereocenters. The van der Waals surface area contributed by atoms with E-state index in [-0.39, 0.29) is 182 Å². The van der Waals surface area contributed by atoms with Gasteiger partial charge in [0.15, 0.2) is 25.2 Å². The summed E-state index contributed by atoms with van der Waals surface area (Å²) in [5.74, 6) is -2.69. The summed E-state index contributed by atoms with van der Waals surface area (Å²) in [6, 6.07) is 6.13. The van der Waals surface area contributed by atoms with Gasteiger partial charge in [-0.15, -0.1) is 0 Å². The molecule has 2 aliphatic heterocycles. The van der Waals surface area contributed by atoms with Crippen molar-refractivity contribution in [1.82, 2.24) is 10.6 Å². The van der Waals surface area contributed by atoms with Gasteiger partial charge in [-0.1, -0.05) is 333 Å². The molecule has 1 aromatic rings. The lowest BCUT2D eigenvalue weighted by Crippen LogP contribution is -2.28. The molecule has 0 saturated carbocycles. The van der Waals surface area contributed by atoms with Crippen LogP contribution in [0.5, 0.6) is 0 Å². The number of primary amides is 2. The first-order valence-corrected chi connectivity index (χ1v) is 42.3. The summed E-state index contributed by atoms with van der Waals surface area (Å²) in [5.41, 5.74) is 16.6. The Hall–Kier alpha value is 1.41. The maximum atomic E-state index is 12.4. The fourth-order valence-corrected chi connectivity index (χ4v) is 10.8. The van der Waals surface area contributed by atoms with E-state index in [1.807, 2.05) is 20.8 Å². The Morgan fingerprint density at radius 1 is 0.444 bits per heavy atom. The zero-order valence-corrected chi connectivity index (χ0v) is 78.8. The Kier molecular flexibility index (Phi) is 72.2. The largest absolute Gasteiger partial charge is 0.478 e. The van der Waals surface area contributed by atoms with Gasteiger partial charge in [0, 0.05) is 73.1 Å². The molecule has 1 aromatic carbocycles. The van der Waals surface area contributed by atoms with E-state index < -0.39 is 83.4 Å². The zero-order valence-electron chi connectivity index (χ0n) is 59.9. The molecule has 4 amide bonds. The zero-order chi connectivity index (χ0) is 87.2. The van der Waals surface area contributed by atoms with Gasteiger partial charge < -0.3 is 80.1 Å². The predicted octanol–water partition coefficient (Wildman–Crippen LogP) is 21.2. The van der Waals surface area contributed by atoms with Gasteiger partial charge in [0.05, 0.1) is 77.6 Å². The van der Waals surface area contributed by atoms with E-state index in [2.05, 4.69) is 10.6 Å². The lowest BCUT2D eigenvalue weighted by molar-refractivity contribution is -0.145. The first-order valence-electron chi connectivity index (χ1n) is 31.8. The number of nitrogens with one attached hydrogen (secondary N) is 2. The topological polar surface area (TPSA) is 356 Å². The van der Waals surface area contributed by atoms with Crippen LogP contribution in [0.4, 0.5) is 0 Å². The lowest BCUT2D eigenvalue weighted by atomic mass is 10.0. The molecular formula is C68H102Cl24N4O20S. The highest BCUT2D eigenvalue weighted by Gasteiger charge is 2.33. The minimum absolute atomic E-state index is 0. The fourth-order valence-electron chi connectivity index (χ4n) is 8.32. The smallest absolute Gasteiger partial charge is 0.331 e. The Bertz CT molecular complexity index is 3240. The number of aliphatic hydroxyl groups is 2. The van der Waals surface area contributed by atoms with Crippen molar-refractivity contribution >= 4 is 324 Å². The first kappa shape index (κ1) is 132. The third-order valence-electron chi connectivity index (χ3n) is 13.7. The second kappa shape index (κ2) is 64.2. The fraction of sp³-hybridized carbons (Fsp3) is 0.676. The number of amides is 4. The number of hydrogen-bond acceptors (Lipinski definition) is 19. The Morgan fingerprint density at radius 2 is 0.701 bits per heavy atom. The summed E-state index contributed by atoms with van der Waals surface area (Å²) in [6.45, 7) is 8.17. The molecule has 24 nitrogen and oxygen atoms in total. The molecule has 0 fully saturated rings. The van der Waals surface area contributed by atoms with Gasteiger partial charge in [0.1, 0.15) is 6.29 Å². The molecule has 0 spiro atoms. The Balaban J connectivity index is -0.000000263. The summed E-state index contributed by atoms with van der Waals surface area (Å²) in [7, 11) is -4.04. The van der Waals surface area contributed by atoms with E-state index >= 15 is 0 Å². The van der Waals surface area contributed by atoms with Gasteiger partial charge in [-0.2, -0.15) is 8.42 Å². The van der Waals surface area contributed by atoms with Crippen molar-refractivity contribution in [2.24, 2.45) is 11.5 Å². The molecule has 2 heterocycles. The predicted molar refractivity (Wildman–Crippen MR) is 485 cm³/mol. The number of aliphatic carboxylic acids is 1. The third kappa shape index (κ3) is 70.1. The number of alkyl halides is 24. The van der Waals surface area contributed by atoms with Crippen LogP contribution < -0.4 is 22.1 Å². The maximum Gasteiger partial charge on any atom is 0.331 e. The standard InChI is InChI=1S/C19H23Cl6NO6S.C12H17Cl6NO4.C12H15Cl6NO3.C12H16Cl6O5.C8H11NO2.5CH4/c1-12-3-5-14(6-4-12)33(28,29)32-9-13(2)15(17(26)27)7-8-16(30-10-18(20,21)22)31-11-19(23,24)25;1-7(4-20)8(10(19)21)2-3-9(22-5-11(13,14)15)23-6-12(16,17)18;1-7-4-19-10(20)8(7)2-3-9(21-5-11(13,14)15)22-6-12(16,17)18;1-7(4-19)8(10(20)21)2-3-9(22-5-11(13,14)15)23-6-12(16,17)18;1-6-5-9-8(11)7(6)3-2-4-10;;;;;/h3-6,16H,7-11H2,1-2H3,(H2,26,27);9,20H,2-6H2,1H3,(H2,19,21);9H,2-6H2,1H3,(H,19,20);9,19H,2-6H2,1H3,(H,20,21);4H,2-3,5H2,1H3,(H,9,11);5*1H4/b15-13-;8-7-;;8-7-;;;;;;. The van der Waals surface area contributed by atoms with E-state index in [0.717, 1.165) is 28.6 Å². The molecule has 49 heteroatoms. The first-order chi connectivity index (χ1) is 50.9. The number of aliphatic hydroxyl groups excluding tert-OH is 2. The van der Waals surface area contributed by atoms with Crippen LogP contribution in [0, 0.1) is 6.92 Å². The Morgan fingerprint density at radius 3 is 0.940 bits per heavy atom. The number of nitrogens with two attached hydrogens (primary N) is 2. The van der Waals surface area contributed by atoms with Crippen molar-refractivity contribution in [1.29, 1.82) is 0 Å². The molecule has 9 N–H and O–H groups in total. The van der Waals surface area contributed by atoms with Crippen LogP contribution >= 0.6 is 278 Å². The van der Waals surface area contributed by atoms with Crippen LogP contribution in [0.15, 0.2) is 84.9 Å². The molecule has 0 aliphatic carbocycles. The number of aryl methyl sites for hydroxylation is 1. The van der Waals surface area contributed by atoms with E-state index in [0.29, 0.717) is 61.1 Å². The van der Waals surface area contributed by atoms with E-state index in [4.69, 9.17) is 347 Å². The number of carboxylic acids is 1. The molecule has 0 bridgehead atoms. The van der Waals surface area contributed by atoms with Crippen LogP contribution in [0.3, 0.4) is 0 Å². The summed E-state index contributed by atoms with van der Waals surface area (Å²) in [4.78, 5) is 67.2. The van der Waals surface area contributed by atoms with Crippen molar-refractivity contribution in [3.8, 4) is 0 Å². The van der Waals surface area contributed by atoms with E-state index in [9.17, 15) is 37.2 Å². The summed E-state index contributed by atoms with van der Waals surface area (Å²) < 4.78 is 59.3. The lowest BCUT2D eigenvalue weighted by Gasteiger charge is -2.23. The van der Waals surface area contributed by atoms with Gasteiger partial charge in [-0.25, -0.2) is 4.79 Å². The molecule has 117 heavy (non-hydrogen) atoms. The van der Waals surface area contributed by atoms with Crippen molar-refractivity contribution in [2.75, 3.05) is 85.8 Å². The summed E-state index contributed by atoms with van der Waals surface area (Å²) in [6.07, 6.45) is -0.381. The number of ether oxygens (including phenoxy) is 8. The molecule has 0 unspecified atom stereocenters. The third-order valence-corrected chi connectivity index (χ3v) is 17.6. The summed E-state index contributed by atoms with van der Waals surface area (Å²) in [5, 5.41) is 32.7. The highest BCUT2D eigenvalue weighted by molar-refractivity contribution is 7.86. The maximum absolute atomic E-state index is 12.4. The molecular weight excluding hydrogens is 2080 g/mol. The van der Waals surface area contributed by atoms with Gasteiger partial charge >= 0.3 is 5.97 Å². The molecule has 688 valence electrons. The van der Waals surface area contributed by atoms with Gasteiger partial charge in [-0.05, 0) is 114 Å². The van der Waals surface area contributed by atoms with Crippen molar-refractivity contribution < 1.29 is 94.6 Å². The number of hydrogen-bond donors (Lipinski definition) is 7. The minimum atomic E-state index is -4.04. The molecule has 0 radical (unpaired) electrons. The number of aldehydes is 1. The van der Waals surface area contributed by atoms with Crippen molar-refractivity contribution in [3.63, 3.8) is 0 Å². The van der Waals surface area contributed by atoms with E-state index in [1.165, 1.54) is 26.0 Å². The summed E-state index contributed by atoms with van der Waals surface area (Å²) >= 11 is 135. The molecule has 0 aromatic heterocycles. The number of benzene rings is 1. The normalized spacial score (nSPS) is 14.2. The Labute approximate surface area is 807 Å². The highest BCUT2D eigenvalue weighted by Crippen LogP contribution is 2.36. The van der Waals surface area contributed by atoms with Crippen LogP contribution in [-0.2, 0) is 81.0 Å². The van der Waals surface area contributed by atoms with Crippen molar-refractivity contribution in [2.45, 2.75) is 203 Å². The van der Waals surface area contributed by atoms with Gasteiger partial charge in [-0.3, -0.25) is 23.4 Å². The van der Waals surface area contributed by atoms with Crippen LogP contribution in [0.1, 0.15) is 142 Å². The van der Waals surface area contributed by atoms with Crippen molar-refractivity contribution in [3.05, 3.63) is 85.6 Å². The monoisotopic (exact) mass is 2170 g/mol. The number of carbonyl (C=O) groups is 6. The SMILES string of the molecule is C.C.C.C.C.C/C(CO)=C(\CCC(OCC(Cl)(Cl)Cl)OCC(Cl)(Cl)Cl)C(=O)O.C/C(CO)=C(\CCC(OCC(Cl)(Cl)Cl)OCC(Cl)(Cl)Cl)C(N)=O.C/C(COS(=O)(=O)c1ccc(C)cc1)=C(\CCC(OCC(Cl)(Cl)Cl)OCC(Cl)(Cl)Cl)C(N)=O.CC1=C(CCC(OCC(Cl)(Cl)Cl)OCC(Cl)(Cl)Cl)C(=O)NC1.CC1=C(CCC=O)C(=O)NC1. The average molecular weight is 2180 g/mol.